The number of hydrogen-bond donors (Lipinski definition) is 0. The van der Waals surface area contributed by atoms with Crippen LogP contribution < -0.4 is 0 Å². The summed E-state index contributed by atoms with van der Waals surface area (Å²) in [5, 5.41) is 10.4. The molecule has 0 saturated carbocycles. The van der Waals surface area contributed by atoms with Crippen LogP contribution in [0.1, 0.15) is 0 Å². The number of benzene rings is 6. The summed E-state index contributed by atoms with van der Waals surface area (Å²) in [6, 6.07) is 40.0. The van der Waals surface area contributed by atoms with E-state index in [0.717, 1.165) is 0 Å². The third-order valence-corrected chi connectivity index (χ3v) is 6.96. The molecule has 32 heavy (non-hydrogen) atoms. The first-order chi connectivity index (χ1) is 15.8. The molecule has 1 heteroatoms. The van der Waals surface area contributed by atoms with Crippen molar-refractivity contribution >= 4 is 54.1 Å². The molecule has 0 fully saturated rings. The van der Waals surface area contributed by atoms with E-state index in [2.05, 4.69) is 121 Å². The molecule has 0 aliphatic carbocycles. The van der Waals surface area contributed by atoms with E-state index in [1.165, 1.54) is 65.3 Å². The number of fused-ring (bicyclic) bond motifs is 8. The molecule has 6 aromatic carbocycles. The Morgan fingerprint density at radius 2 is 1.03 bits per heavy atom. The average molecular weight is 408 g/mol. The maximum atomic E-state index is 2.36. The van der Waals surface area contributed by atoms with E-state index >= 15 is 0 Å². The van der Waals surface area contributed by atoms with Crippen LogP contribution in [-0.2, 0) is 7.05 Å². The molecular formula is C31H21N. The third-order valence-electron chi connectivity index (χ3n) is 6.96. The molecule has 0 spiro atoms. The predicted molar refractivity (Wildman–Crippen MR) is 138 cm³/mol. The van der Waals surface area contributed by atoms with Gasteiger partial charge in [0.05, 0.1) is 5.52 Å². The minimum absolute atomic E-state index is 1.26. The van der Waals surface area contributed by atoms with Crippen molar-refractivity contribution in [2.45, 2.75) is 0 Å². The van der Waals surface area contributed by atoms with Crippen molar-refractivity contribution in [1.82, 2.24) is 4.57 Å². The number of rotatable bonds is 1. The normalized spacial score (nSPS) is 11.9. The summed E-state index contributed by atoms with van der Waals surface area (Å²) in [5.41, 5.74) is 5.09. The van der Waals surface area contributed by atoms with Gasteiger partial charge in [-0.05, 0) is 56.3 Å². The first-order valence-corrected chi connectivity index (χ1v) is 11.1. The van der Waals surface area contributed by atoms with E-state index in [1.54, 1.807) is 0 Å². The van der Waals surface area contributed by atoms with Crippen LogP contribution in [-0.4, -0.2) is 4.57 Å². The summed E-state index contributed by atoms with van der Waals surface area (Å²) in [6.45, 7) is 0. The fraction of sp³-hybridized carbons (Fsp3) is 0.0323. The second-order valence-electron chi connectivity index (χ2n) is 8.70. The molecule has 1 aromatic heterocycles. The van der Waals surface area contributed by atoms with Crippen LogP contribution in [0.4, 0.5) is 0 Å². The summed E-state index contributed by atoms with van der Waals surface area (Å²) in [5.74, 6) is 0. The van der Waals surface area contributed by atoms with Crippen LogP contribution in [0.3, 0.4) is 0 Å². The molecule has 0 unspecified atom stereocenters. The number of hydrogen-bond acceptors (Lipinski definition) is 0. The molecular weight excluding hydrogens is 386 g/mol. The van der Waals surface area contributed by atoms with Gasteiger partial charge in [-0.25, -0.2) is 0 Å². The van der Waals surface area contributed by atoms with Gasteiger partial charge in [0.2, 0.25) is 0 Å². The first-order valence-electron chi connectivity index (χ1n) is 11.1. The molecule has 0 radical (unpaired) electrons. The Morgan fingerprint density at radius 1 is 0.438 bits per heavy atom. The van der Waals surface area contributed by atoms with Gasteiger partial charge in [-0.15, -0.1) is 0 Å². The van der Waals surface area contributed by atoms with Gasteiger partial charge in [-0.2, -0.15) is 0 Å². The van der Waals surface area contributed by atoms with Gasteiger partial charge in [-0.1, -0.05) is 91.0 Å². The van der Waals surface area contributed by atoms with Crippen molar-refractivity contribution in [1.29, 1.82) is 0 Å². The molecule has 0 N–H and O–H groups in total. The van der Waals surface area contributed by atoms with Crippen LogP contribution in [0.5, 0.6) is 0 Å². The molecule has 0 atom stereocenters. The molecule has 7 rings (SSSR count). The first kappa shape index (κ1) is 17.6. The Morgan fingerprint density at radius 3 is 1.91 bits per heavy atom. The predicted octanol–water partition coefficient (Wildman–Crippen LogP) is 8.46. The van der Waals surface area contributed by atoms with Crippen molar-refractivity contribution in [2.75, 3.05) is 0 Å². The summed E-state index contributed by atoms with van der Waals surface area (Å²) < 4.78 is 2.34. The molecule has 0 aliphatic rings. The average Bonchev–Trinajstić information content (AvgIpc) is 3.15. The smallest absolute Gasteiger partial charge is 0.0568 e. The minimum atomic E-state index is 1.26. The lowest BCUT2D eigenvalue weighted by atomic mass is 9.96. The highest BCUT2D eigenvalue weighted by molar-refractivity contribution is 6.18. The summed E-state index contributed by atoms with van der Waals surface area (Å²) >= 11 is 0. The van der Waals surface area contributed by atoms with Gasteiger partial charge in [-0.3, -0.25) is 0 Å². The maximum absolute atomic E-state index is 2.36. The van der Waals surface area contributed by atoms with Crippen LogP contribution in [0.25, 0.3) is 65.3 Å². The Hall–Kier alpha value is -4.10. The van der Waals surface area contributed by atoms with E-state index in [4.69, 9.17) is 0 Å². The molecule has 0 bridgehead atoms. The molecule has 0 aliphatic heterocycles. The van der Waals surface area contributed by atoms with Gasteiger partial charge in [0.25, 0.3) is 0 Å². The largest absolute Gasteiger partial charge is 0.343 e. The van der Waals surface area contributed by atoms with E-state index in [-0.39, 0.29) is 0 Å². The molecule has 1 nitrogen and oxygen atoms in total. The third kappa shape index (κ3) is 2.39. The molecule has 150 valence electrons. The van der Waals surface area contributed by atoms with E-state index < -0.39 is 0 Å². The quantitative estimate of drug-likeness (QED) is 0.241. The van der Waals surface area contributed by atoms with Crippen LogP contribution in [0.2, 0.25) is 0 Å². The lowest BCUT2D eigenvalue weighted by Gasteiger charge is -2.08. The van der Waals surface area contributed by atoms with Crippen molar-refractivity contribution in [2.24, 2.45) is 7.05 Å². The fourth-order valence-corrected chi connectivity index (χ4v) is 5.37. The fourth-order valence-electron chi connectivity index (χ4n) is 5.37. The Balaban J connectivity index is 1.47. The summed E-state index contributed by atoms with van der Waals surface area (Å²) in [7, 11) is 2.18. The van der Waals surface area contributed by atoms with Crippen LogP contribution >= 0.6 is 0 Å². The van der Waals surface area contributed by atoms with Gasteiger partial charge in [0.1, 0.15) is 0 Å². The van der Waals surface area contributed by atoms with Crippen LogP contribution in [0, 0.1) is 0 Å². The van der Waals surface area contributed by atoms with Crippen molar-refractivity contribution in [3.05, 3.63) is 109 Å². The second kappa shape index (κ2) is 6.45. The summed E-state index contributed by atoms with van der Waals surface area (Å²) in [6.07, 6.45) is 0. The topological polar surface area (TPSA) is 4.93 Å². The molecule has 7 aromatic rings. The van der Waals surface area contributed by atoms with Crippen molar-refractivity contribution in [3.63, 3.8) is 0 Å². The van der Waals surface area contributed by atoms with E-state index in [1.807, 2.05) is 0 Å². The number of nitrogens with zero attached hydrogens (tertiary/aromatic N) is 1. The van der Waals surface area contributed by atoms with Gasteiger partial charge < -0.3 is 4.57 Å². The number of aryl methyl sites for hydroxylation is 1. The van der Waals surface area contributed by atoms with Crippen molar-refractivity contribution in [3.8, 4) is 11.1 Å². The standard InChI is InChI=1S/C31H21N/c1-32-30-17-14-23(19-29(30)28-16-12-21-7-3-5-9-27(21)31(28)32)22-13-15-26-24(18-22)11-10-20-6-2-4-8-25(20)26/h2-19H,1H3. The van der Waals surface area contributed by atoms with E-state index in [0.29, 0.717) is 0 Å². The van der Waals surface area contributed by atoms with Gasteiger partial charge >= 0.3 is 0 Å². The molecule has 0 amide bonds. The van der Waals surface area contributed by atoms with Crippen LogP contribution in [0.15, 0.2) is 109 Å². The minimum Gasteiger partial charge on any atom is -0.343 e. The monoisotopic (exact) mass is 407 g/mol. The number of aromatic nitrogens is 1. The van der Waals surface area contributed by atoms with Crippen molar-refractivity contribution < 1.29 is 0 Å². The molecule has 1 heterocycles. The highest BCUT2D eigenvalue weighted by Crippen LogP contribution is 2.36. The highest BCUT2D eigenvalue weighted by Gasteiger charge is 2.12. The SMILES string of the molecule is Cn1c2ccc(-c3ccc4c(ccc5ccccc54)c3)cc2c2ccc3ccccc3c21. The Labute approximate surface area is 186 Å². The zero-order valence-corrected chi connectivity index (χ0v) is 17.8. The van der Waals surface area contributed by atoms with Gasteiger partial charge in [0, 0.05) is 28.7 Å². The molecule has 0 saturated heterocycles. The highest BCUT2D eigenvalue weighted by atomic mass is 14.9. The Bertz CT molecular complexity index is 1840. The second-order valence-corrected chi connectivity index (χ2v) is 8.70. The Kier molecular flexibility index (Phi) is 3.54. The maximum Gasteiger partial charge on any atom is 0.0568 e. The lowest BCUT2D eigenvalue weighted by molar-refractivity contribution is 1.02. The van der Waals surface area contributed by atoms with Gasteiger partial charge in [0.15, 0.2) is 0 Å². The zero-order chi connectivity index (χ0) is 21.2. The van der Waals surface area contributed by atoms with E-state index in [9.17, 15) is 0 Å². The zero-order valence-electron chi connectivity index (χ0n) is 17.8. The summed E-state index contributed by atoms with van der Waals surface area (Å²) in [4.78, 5) is 0. The lowest BCUT2D eigenvalue weighted by Crippen LogP contribution is -1.88.